The van der Waals surface area contributed by atoms with E-state index in [0.29, 0.717) is 26.9 Å². The van der Waals surface area contributed by atoms with Gasteiger partial charge in [-0.2, -0.15) is 0 Å². The number of nitrogens with zero attached hydrogens (tertiary/aromatic N) is 2. The lowest BCUT2D eigenvalue weighted by atomic mass is 10.2. The molecule has 1 amide bonds. The fourth-order valence-electron chi connectivity index (χ4n) is 2.73. The Kier molecular flexibility index (Phi) is 5.18. The van der Waals surface area contributed by atoms with Crippen molar-refractivity contribution in [2.75, 3.05) is 5.32 Å². The number of hydrogen-bond donors (Lipinski definition) is 2. The second-order valence-electron chi connectivity index (χ2n) is 6.12. The molecule has 140 valence electrons. The van der Waals surface area contributed by atoms with Gasteiger partial charge in [0, 0.05) is 28.8 Å². The van der Waals surface area contributed by atoms with Crippen molar-refractivity contribution in [3.8, 4) is 11.3 Å². The molecule has 28 heavy (non-hydrogen) atoms. The van der Waals surface area contributed by atoms with Gasteiger partial charge in [0.1, 0.15) is 5.69 Å². The molecule has 2 aromatic heterocycles. The predicted octanol–water partition coefficient (Wildman–Crippen LogP) is 4.27. The summed E-state index contributed by atoms with van der Waals surface area (Å²) in [7, 11) is 0. The lowest BCUT2D eigenvalue weighted by Crippen LogP contribution is -2.18. The minimum atomic E-state index is -0.272. The number of hydrogen-bond acceptors (Lipinski definition) is 5. The first kappa shape index (κ1) is 18.3. The van der Waals surface area contributed by atoms with E-state index in [2.05, 4.69) is 20.3 Å². The number of H-pyrrole nitrogens is 1. The maximum absolute atomic E-state index is 12.2. The van der Waals surface area contributed by atoms with Crippen molar-refractivity contribution in [2.45, 2.75) is 12.8 Å². The highest BCUT2D eigenvalue weighted by molar-refractivity contribution is 7.14. The van der Waals surface area contributed by atoms with Crippen molar-refractivity contribution in [3.05, 3.63) is 75.0 Å². The highest BCUT2D eigenvalue weighted by Gasteiger charge is 2.11. The Balaban J connectivity index is 1.41. The van der Waals surface area contributed by atoms with Crippen LogP contribution in [0.5, 0.6) is 0 Å². The number of thiazole rings is 1. The molecule has 0 bridgehead atoms. The second kappa shape index (κ2) is 7.92. The van der Waals surface area contributed by atoms with Crippen LogP contribution in [0, 0.1) is 0 Å². The Morgan fingerprint density at radius 2 is 1.89 bits per heavy atom. The van der Waals surface area contributed by atoms with Crippen molar-refractivity contribution in [2.24, 2.45) is 0 Å². The largest absolute Gasteiger partial charge is 0.319 e. The first-order chi connectivity index (χ1) is 13.6. The third-order valence-electron chi connectivity index (χ3n) is 4.15. The van der Waals surface area contributed by atoms with E-state index in [4.69, 9.17) is 11.6 Å². The van der Waals surface area contributed by atoms with E-state index >= 15 is 0 Å². The number of rotatable bonds is 5. The van der Waals surface area contributed by atoms with Gasteiger partial charge in [-0.05, 0) is 24.3 Å². The van der Waals surface area contributed by atoms with E-state index in [9.17, 15) is 9.59 Å². The van der Waals surface area contributed by atoms with Crippen molar-refractivity contribution in [1.29, 1.82) is 0 Å². The Morgan fingerprint density at radius 1 is 1.11 bits per heavy atom. The normalized spacial score (nSPS) is 10.9. The topological polar surface area (TPSA) is 87.7 Å². The number of aromatic amines is 1. The molecule has 0 radical (unpaired) electrons. The SMILES string of the molecule is O=C(CCc1nc2ccccc2[nH]c1=O)Nc1nc(-c2ccc(Cl)cc2)cs1. The van der Waals surface area contributed by atoms with E-state index in [1.807, 2.05) is 35.7 Å². The van der Waals surface area contributed by atoms with E-state index in [0.717, 1.165) is 11.3 Å². The number of anilines is 1. The molecule has 0 aliphatic carbocycles. The van der Waals surface area contributed by atoms with Crippen LogP contribution in [0.2, 0.25) is 5.02 Å². The lowest BCUT2D eigenvalue weighted by Gasteiger charge is -2.03. The highest BCUT2D eigenvalue weighted by atomic mass is 35.5. The summed E-state index contributed by atoms with van der Waals surface area (Å²) in [5, 5.41) is 5.81. The number of aryl methyl sites for hydroxylation is 1. The molecule has 0 fully saturated rings. The molecule has 2 heterocycles. The maximum atomic E-state index is 12.2. The Labute approximate surface area is 169 Å². The summed E-state index contributed by atoms with van der Waals surface area (Å²) in [5.41, 5.74) is 3.14. The number of para-hydroxylation sites is 2. The van der Waals surface area contributed by atoms with Crippen molar-refractivity contribution < 1.29 is 4.79 Å². The zero-order chi connectivity index (χ0) is 19.5. The summed E-state index contributed by atoms with van der Waals surface area (Å²) in [5.74, 6) is -0.216. The minimum Gasteiger partial charge on any atom is -0.319 e. The number of nitrogens with one attached hydrogen (secondary N) is 2. The number of fused-ring (bicyclic) bond motifs is 1. The zero-order valence-electron chi connectivity index (χ0n) is 14.6. The Morgan fingerprint density at radius 3 is 2.71 bits per heavy atom. The fraction of sp³-hybridized carbons (Fsp3) is 0.100. The number of amides is 1. The molecule has 0 saturated carbocycles. The minimum absolute atomic E-state index is 0.143. The average Bonchev–Trinajstić information content (AvgIpc) is 3.15. The molecule has 0 aliphatic heterocycles. The van der Waals surface area contributed by atoms with Gasteiger partial charge in [-0.3, -0.25) is 9.59 Å². The average molecular weight is 411 g/mol. The van der Waals surface area contributed by atoms with Crippen LogP contribution in [0.15, 0.2) is 58.7 Å². The van der Waals surface area contributed by atoms with Gasteiger partial charge in [0.05, 0.1) is 16.7 Å². The number of benzene rings is 2. The summed E-state index contributed by atoms with van der Waals surface area (Å²) in [6.45, 7) is 0. The van der Waals surface area contributed by atoms with Crippen LogP contribution >= 0.6 is 22.9 Å². The van der Waals surface area contributed by atoms with Crippen LogP contribution < -0.4 is 10.9 Å². The molecule has 4 rings (SSSR count). The maximum Gasteiger partial charge on any atom is 0.270 e. The molecular formula is C20H15ClN4O2S. The molecule has 4 aromatic rings. The van der Waals surface area contributed by atoms with E-state index in [1.54, 1.807) is 18.2 Å². The first-order valence-electron chi connectivity index (χ1n) is 8.58. The monoisotopic (exact) mass is 410 g/mol. The molecule has 0 aliphatic rings. The van der Waals surface area contributed by atoms with E-state index in [1.165, 1.54) is 11.3 Å². The molecule has 0 atom stereocenters. The molecular weight excluding hydrogens is 396 g/mol. The molecule has 0 unspecified atom stereocenters. The summed E-state index contributed by atoms with van der Waals surface area (Å²) in [4.78, 5) is 35.9. The van der Waals surface area contributed by atoms with Gasteiger partial charge in [-0.15, -0.1) is 11.3 Å². The number of halogens is 1. The zero-order valence-corrected chi connectivity index (χ0v) is 16.2. The van der Waals surface area contributed by atoms with Gasteiger partial charge in [0.15, 0.2) is 5.13 Å². The van der Waals surface area contributed by atoms with Gasteiger partial charge >= 0.3 is 0 Å². The van der Waals surface area contributed by atoms with Crippen LogP contribution in [0.4, 0.5) is 5.13 Å². The molecule has 8 heteroatoms. The van der Waals surface area contributed by atoms with Crippen LogP contribution in [0.25, 0.3) is 22.3 Å². The van der Waals surface area contributed by atoms with Crippen LogP contribution in [0.3, 0.4) is 0 Å². The van der Waals surface area contributed by atoms with Gasteiger partial charge in [-0.1, -0.05) is 35.9 Å². The summed E-state index contributed by atoms with van der Waals surface area (Å²) in [6.07, 6.45) is 0.395. The number of carbonyl (C=O) groups excluding carboxylic acids is 1. The molecule has 0 saturated heterocycles. The van der Waals surface area contributed by atoms with Crippen molar-refractivity contribution in [3.63, 3.8) is 0 Å². The number of carbonyl (C=O) groups is 1. The standard InChI is InChI=1S/C20H15ClN4O2S/c21-13-7-5-12(6-8-13)17-11-28-20(24-17)25-18(26)10-9-16-19(27)23-15-4-2-1-3-14(15)22-16/h1-8,11H,9-10H2,(H,23,27)(H,24,25,26). The Bertz CT molecular complexity index is 1200. The molecule has 6 nitrogen and oxygen atoms in total. The van der Waals surface area contributed by atoms with E-state index in [-0.39, 0.29) is 24.3 Å². The number of aromatic nitrogens is 3. The third-order valence-corrected chi connectivity index (χ3v) is 5.16. The second-order valence-corrected chi connectivity index (χ2v) is 7.42. The lowest BCUT2D eigenvalue weighted by molar-refractivity contribution is -0.116. The summed E-state index contributed by atoms with van der Waals surface area (Å²) >= 11 is 7.24. The smallest absolute Gasteiger partial charge is 0.270 e. The summed E-state index contributed by atoms with van der Waals surface area (Å²) < 4.78 is 0. The first-order valence-corrected chi connectivity index (χ1v) is 9.83. The molecule has 0 spiro atoms. The van der Waals surface area contributed by atoms with Crippen molar-refractivity contribution >= 4 is 45.0 Å². The van der Waals surface area contributed by atoms with Crippen LogP contribution in [-0.2, 0) is 11.2 Å². The van der Waals surface area contributed by atoms with Crippen LogP contribution in [0.1, 0.15) is 12.1 Å². The van der Waals surface area contributed by atoms with Gasteiger partial charge < -0.3 is 10.3 Å². The Hall–Kier alpha value is -3.03. The van der Waals surface area contributed by atoms with Gasteiger partial charge in [0.25, 0.3) is 5.56 Å². The van der Waals surface area contributed by atoms with Crippen molar-refractivity contribution in [1.82, 2.24) is 15.0 Å². The fourth-order valence-corrected chi connectivity index (χ4v) is 3.60. The third kappa shape index (κ3) is 4.11. The highest BCUT2D eigenvalue weighted by Crippen LogP contribution is 2.26. The van der Waals surface area contributed by atoms with Gasteiger partial charge in [0.2, 0.25) is 5.91 Å². The molecule has 2 N–H and O–H groups in total. The molecule has 2 aromatic carbocycles. The van der Waals surface area contributed by atoms with Gasteiger partial charge in [-0.25, -0.2) is 9.97 Å². The predicted molar refractivity (Wildman–Crippen MR) is 112 cm³/mol. The summed E-state index contributed by atoms with van der Waals surface area (Å²) in [6, 6.07) is 14.6. The quantitative estimate of drug-likeness (QED) is 0.514. The van der Waals surface area contributed by atoms with E-state index < -0.39 is 0 Å². The van der Waals surface area contributed by atoms with Crippen LogP contribution in [-0.4, -0.2) is 20.9 Å².